The third-order valence-electron chi connectivity index (χ3n) is 4.91. The van der Waals surface area contributed by atoms with Gasteiger partial charge in [-0.25, -0.2) is 4.68 Å². The summed E-state index contributed by atoms with van der Waals surface area (Å²) in [6.07, 6.45) is 7.09. The van der Waals surface area contributed by atoms with E-state index < -0.39 is 5.60 Å². The van der Waals surface area contributed by atoms with Crippen LogP contribution >= 0.6 is 11.6 Å². The van der Waals surface area contributed by atoms with Crippen LogP contribution in [-0.2, 0) is 16.9 Å². The van der Waals surface area contributed by atoms with Gasteiger partial charge in [0, 0.05) is 31.3 Å². The third-order valence-corrected chi connectivity index (χ3v) is 5.31. The molecular weight excluding hydrogens is 380 g/mol. The first-order valence-corrected chi connectivity index (χ1v) is 9.93. The summed E-state index contributed by atoms with van der Waals surface area (Å²) in [6, 6.07) is 0.0723. The van der Waals surface area contributed by atoms with Crippen LogP contribution in [0.15, 0.2) is 12.3 Å². The van der Waals surface area contributed by atoms with E-state index in [2.05, 4.69) is 22.3 Å². The first kappa shape index (κ1) is 20.5. The fourth-order valence-electron chi connectivity index (χ4n) is 3.01. The molecule has 0 aliphatic carbocycles. The molecule has 1 amide bonds. The third kappa shape index (κ3) is 4.28. The highest BCUT2D eigenvalue weighted by molar-refractivity contribution is 6.31. The summed E-state index contributed by atoms with van der Waals surface area (Å²) >= 11 is 6.40. The van der Waals surface area contributed by atoms with E-state index in [4.69, 9.17) is 11.6 Å². The summed E-state index contributed by atoms with van der Waals surface area (Å²) in [5.74, 6) is -0.0733. The van der Waals surface area contributed by atoms with Crippen molar-refractivity contribution in [3.05, 3.63) is 34.4 Å². The fourth-order valence-corrected chi connectivity index (χ4v) is 3.33. The van der Waals surface area contributed by atoms with Gasteiger partial charge in [0.1, 0.15) is 16.4 Å². The minimum atomic E-state index is -1.03. The van der Waals surface area contributed by atoms with Crippen LogP contribution in [0.2, 0.25) is 5.15 Å². The number of carbonyl (C=O) groups is 1. The molecule has 0 radical (unpaired) electrons. The molecule has 2 aromatic heterocycles. The van der Waals surface area contributed by atoms with Crippen LogP contribution < -0.4 is 0 Å². The van der Waals surface area contributed by atoms with Gasteiger partial charge < -0.3 is 10.0 Å². The second kappa shape index (κ2) is 8.05. The first-order chi connectivity index (χ1) is 13.2. The van der Waals surface area contributed by atoms with Crippen LogP contribution in [0.25, 0.3) is 6.08 Å². The molecule has 1 saturated heterocycles. The average Bonchev–Trinajstić information content (AvgIpc) is 3.16. The SMILES string of the molecule is CCCCn1nc(C)c(C=CC(=O)N2CC(n3cc(C(C)(C)O)nn3)C2)c1Cl. The highest BCUT2D eigenvalue weighted by Gasteiger charge is 2.33. The van der Waals surface area contributed by atoms with Crippen molar-refractivity contribution in [1.82, 2.24) is 29.7 Å². The van der Waals surface area contributed by atoms with Gasteiger partial charge in [-0.05, 0) is 33.3 Å². The number of halogens is 1. The standard InChI is InChI=1S/C19H27ClN6O2/c1-5-6-9-25-18(20)15(13(2)22-25)7-8-17(27)24-10-14(11-24)26-12-16(21-23-26)19(3,4)28/h7-8,12,14,28H,5-6,9-11H2,1-4H3. The molecule has 0 unspecified atom stereocenters. The minimum Gasteiger partial charge on any atom is -0.384 e. The monoisotopic (exact) mass is 406 g/mol. The Morgan fingerprint density at radius 3 is 2.75 bits per heavy atom. The number of hydrogen-bond acceptors (Lipinski definition) is 5. The number of carbonyl (C=O) groups excluding carboxylic acids is 1. The Balaban J connectivity index is 1.58. The van der Waals surface area contributed by atoms with Crippen LogP contribution in [0.5, 0.6) is 0 Å². The van der Waals surface area contributed by atoms with Gasteiger partial charge in [-0.15, -0.1) is 5.10 Å². The zero-order valence-corrected chi connectivity index (χ0v) is 17.5. The van der Waals surface area contributed by atoms with E-state index in [1.807, 2.05) is 6.92 Å². The molecule has 3 heterocycles. The number of amides is 1. The molecule has 1 N–H and O–H groups in total. The van der Waals surface area contributed by atoms with Crippen LogP contribution in [0.1, 0.15) is 56.6 Å². The zero-order valence-electron chi connectivity index (χ0n) is 16.8. The van der Waals surface area contributed by atoms with Crippen molar-refractivity contribution in [3.8, 4) is 0 Å². The van der Waals surface area contributed by atoms with E-state index in [9.17, 15) is 9.90 Å². The number of hydrogen-bond donors (Lipinski definition) is 1. The van der Waals surface area contributed by atoms with Gasteiger partial charge in [0.05, 0.1) is 17.9 Å². The predicted octanol–water partition coefficient (Wildman–Crippen LogP) is 2.56. The molecule has 152 valence electrons. The number of likely N-dealkylation sites (tertiary alicyclic amines) is 1. The topological polar surface area (TPSA) is 89.1 Å². The number of aromatic nitrogens is 5. The Morgan fingerprint density at radius 2 is 2.14 bits per heavy atom. The quantitative estimate of drug-likeness (QED) is 0.714. The zero-order chi connectivity index (χ0) is 20.5. The Hall–Kier alpha value is -2.19. The second-order valence-corrected chi connectivity index (χ2v) is 8.10. The maximum Gasteiger partial charge on any atom is 0.246 e. The van der Waals surface area contributed by atoms with Crippen molar-refractivity contribution < 1.29 is 9.90 Å². The molecule has 1 fully saturated rings. The predicted molar refractivity (Wildman–Crippen MR) is 107 cm³/mol. The lowest BCUT2D eigenvalue weighted by Gasteiger charge is -2.38. The number of nitrogens with zero attached hydrogens (tertiary/aromatic N) is 6. The van der Waals surface area contributed by atoms with Crippen LogP contribution in [0.3, 0.4) is 0 Å². The fraction of sp³-hybridized carbons (Fsp3) is 0.579. The molecule has 0 saturated carbocycles. The van der Waals surface area contributed by atoms with E-state index in [-0.39, 0.29) is 11.9 Å². The molecule has 0 spiro atoms. The summed E-state index contributed by atoms with van der Waals surface area (Å²) in [7, 11) is 0. The number of unbranched alkanes of at least 4 members (excludes halogenated alkanes) is 1. The Kier molecular flexibility index (Phi) is 5.90. The summed E-state index contributed by atoms with van der Waals surface area (Å²) in [6.45, 7) is 9.23. The van der Waals surface area contributed by atoms with Crippen molar-refractivity contribution in [1.29, 1.82) is 0 Å². The largest absolute Gasteiger partial charge is 0.384 e. The molecule has 1 aliphatic rings. The summed E-state index contributed by atoms with van der Waals surface area (Å²) in [5.41, 5.74) is 1.09. The summed E-state index contributed by atoms with van der Waals surface area (Å²) < 4.78 is 3.49. The number of aryl methyl sites for hydroxylation is 2. The van der Waals surface area contributed by atoms with Gasteiger partial charge >= 0.3 is 0 Å². The molecular formula is C19H27ClN6O2. The van der Waals surface area contributed by atoms with Crippen molar-refractivity contribution in [3.63, 3.8) is 0 Å². The smallest absolute Gasteiger partial charge is 0.246 e. The molecule has 3 rings (SSSR count). The number of aliphatic hydroxyl groups is 1. The van der Waals surface area contributed by atoms with Gasteiger partial charge in [0.2, 0.25) is 5.91 Å². The summed E-state index contributed by atoms with van der Waals surface area (Å²) in [5, 5.41) is 23.1. The average molecular weight is 407 g/mol. The summed E-state index contributed by atoms with van der Waals surface area (Å²) in [4.78, 5) is 14.2. The van der Waals surface area contributed by atoms with Crippen LogP contribution in [0.4, 0.5) is 0 Å². The van der Waals surface area contributed by atoms with Crippen LogP contribution in [0, 0.1) is 6.92 Å². The molecule has 1 aliphatic heterocycles. The highest BCUT2D eigenvalue weighted by Crippen LogP contribution is 2.25. The van der Waals surface area contributed by atoms with E-state index in [0.717, 1.165) is 30.6 Å². The van der Waals surface area contributed by atoms with Crippen LogP contribution in [-0.4, -0.2) is 53.8 Å². The lowest BCUT2D eigenvalue weighted by atomic mass is 10.1. The van der Waals surface area contributed by atoms with Crippen molar-refractivity contribution in [2.24, 2.45) is 0 Å². The Morgan fingerprint density at radius 1 is 1.43 bits per heavy atom. The van der Waals surface area contributed by atoms with E-state index in [1.165, 1.54) is 0 Å². The first-order valence-electron chi connectivity index (χ1n) is 9.55. The van der Waals surface area contributed by atoms with E-state index in [1.54, 1.807) is 46.5 Å². The maximum atomic E-state index is 12.4. The lowest BCUT2D eigenvalue weighted by molar-refractivity contribution is -0.131. The van der Waals surface area contributed by atoms with Crippen molar-refractivity contribution in [2.75, 3.05) is 13.1 Å². The van der Waals surface area contributed by atoms with Gasteiger partial charge in [-0.1, -0.05) is 30.2 Å². The molecule has 2 aromatic rings. The Labute approximate surface area is 169 Å². The molecule has 0 atom stereocenters. The molecule has 28 heavy (non-hydrogen) atoms. The van der Waals surface area contributed by atoms with E-state index >= 15 is 0 Å². The molecule has 8 nitrogen and oxygen atoms in total. The minimum absolute atomic E-state index is 0.0723. The van der Waals surface area contributed by atoms with Gasteiger partial charge in [0.25, 0.3) is 0 Å². The Bertz CT molecular complexity index is 874. The van der Waals surface area contributed by atoms with Crippen molar-refractivity contribution in [2.45, 2.75) is 58.7 Å². The lowest BCUT2D eigenvalue weighted by Crippen LogP contribution is -2.50. The van der Waals surface area contributed by atoms with Gasteiger partial charge in [-0.2, -0.15) is 5.10 Å². The van der Waals surface area contributed by atoms with Crippen molar-refractivity contribution >= 4 is 23.6 Å². The number of rotatable bonds is 7. The van der Waals surface area contributed by atoms with Gasteiger partial charge in [0.15, 0.2) is 0 Å². The van der Waals surface area contributed by atoms with E-state index in [0.29, 0.717) is 23.9 Å². The second-order valence-electron chi connectivity index (χ2n) is 7.74. The van der Waals surface area contributed by atoms with Gasteiger partial charge in [-0.3, -0.25) is 9.48 Å². The molecule has 0 bridgehead atoms. The maximum absolute atomic E-state index is 12.4. The molecule has 9 heteroatoms. The highest BCUT2D eigenvalue weighted by atomic mass is 35.5. The normalized spacial score (nSPS) is 15.4. The molecule has 0 aromatic carbocycles.